The van der Waals surface area contributed by atoms with E-state index in [1.807, 2.05) is 20.8 Å². The predicted octanol–water partition coefficient (Wildman–Crippen LogP) is 0.887. The molecule has 0 aromatic heterocycles. The maximum Gasteiger partial charge on any atom is 0.291 e. The van der Waals surface area contributed by atoms with Crippen LogP contribution in [-0.2, 0) is 28.4 Å². The molecule has 6 heteroatoms. The Labute approximate surface area is 113 Å². The van der Waals surface area contributed by atoms with Crippen molar-refractivity contribution in [3.63, 3.8) is 0 Å². The van der Waals surface area contributed by atoms with Crippen LogP contribution in [0.15, 0.2) is 0 Å². The van der Waals surface area contributed by atoms with Gasteiger partial charge in [-0.3, -0.25) is 4.74 Å². The van der Waals surface area contributed by atoms with Crippen LogP contribution in [0.5, 0.6) is 0 Å². The summed E-state index contributed by atoms with van der Waals surface area (Å²) < 4.78 is 34.6. The highest BCUT2D eigenvalue weighted by molar-refractivity contribution is 5.02. The molecule has 0 aliphatic carbocycles. The molecular formula is C13H22O6. The Bertz CT molecular complexity index is 354. The SMILES string of the molecule is COC[C@H]1O[C@@H]2OC3(C(C)(C)C)O[C@@H]2[C@@H](OC)[C@@H]1O3. The Morgan fingerprint density at radius 3 is 2.32 bits per heavy atom. The average molecular weight is 274 g/mol. The second kappa shape index (κ2) is 4.38. The molecule has 0 N–H and O–H groups in total. The van der Waals surface area contributed by atoms with E-state index in [1.165, 1.54) is 0 Å². The van der Waals surface area contributed by atoms with Crippen LogP contribution < -0.4 is 0 Å². The monoisotopic (exact) mass is 274 g/mol. The van der Waals surface area contributed by atoms with Gasteiger partial charge in [0.1, 0.15) is 24.4 Å². The van der Waals surface area contributed by atoms with Crippen LogP contribution in [0.1, 0.15) is 20.8 Å². The molecular weight excluding hydrogens is 252 g/mol. The number of hydrogen-bond acceptors (Lipinski definition) is 6. The lowest BCUT2D eigenvalue weighted by Gasteiger charge is -2.48. The lowest BCUT2D eigenvalue weighted by Crippen LogP contribution is -2.64. The number of rotatable bonds is 3. The fourth-order valence-corrected chi connectivity index (χ4v) is 2.93. The predicted molar refractivity (Wildman–Crippen MR) is 64.4 cm³/mol. The first-order valence-electron chi connectivity index (χ1n) is 6.62. The van der Waals surface area contributed by atoms with Gasteiger partial charge in [0.05, 0.1) is 6.61 Å². The molecule has 3 aliphatic heterocycles. The van der Waals surface area contributed by atoms with Crippen molar-refractivity contribution in [2.24, 2.45) is 5.41 Å². The van der Waals surface area contributed by atoms with Gasteiger partial charge in [-0.1, -0.05) is 20.8 Å². The van der Waals surface area contributed by atoms with Gasteiger partial charge < -0.3 is 23.7 Å². The number of methoxy groups -OCH3 is 2. The molecule has 6 atom stereocenters. The molecule has 3 heterocycles. The molecule has 3 bridgehead atoms. The smallest absolute Gasteiger partial charge is 0.291 e. The minimum absolute atomic E-state index is 0.197. The molecule has 0 aromatic carbocycles. The summed E-state index contributed by atoms with van der Waals surface area (Å²) in [7, 11) is 3.29. The summed E-state index contributed by atoms with van der Waals surface area (Å²) in [6.07, 6.45) is -1.37. The largest absolute Gasteiger partial charge is 0.382 e. The molecule has 3 fully saturated rings. The fourth-order valence-electron chi connectivity index (χ4n) is 2.93. The Balaban J connectivity index is 1.93. The van der Waals surface area contributed by atoms with Crippen LogP contribution in [0, 0.1) is 5.41 Å². The van der Waals surface area contributed by atoms with Gasteiger partial charge in [-0.2, -0.15) is 0 Å². The second-order valence-corrected chi connectivity index (χ2v) is 6.29. The normalized spacial score (nSPS) is 48.8. The van der Waals surface area contributed by atoms with E-state index >= 15 is 0 Å². The lowest BCUT2D eigenvalue weighted by atomic mass is 9.91. The van der Waals surface area contributed by atoms with E-state index < -0.39 is 12.3 Å². The van der Waals surface area contributed by atoms with Crippen molar-refractivity contribution < 1.29 is 28.4 Å². The van der Waals surface area contributed by atoms with Gasteiger partial charge in [0.2, 0.25) is 0 Å². The van der Waals surface area contributed by atoms with E-state index in [-0.39, 0.29) is 29.8 Å². The van der Waals surface area contributed by atoms with Gasteiger partial charge in [0.15, 0.2) is 6.29 Å². The fraction of sp³-hybridized carbons (Fsp3) is 1.00. The van der Waals surface area contributed by atoms with E-state index in [0.717, 1.165) is 0 Å². The summed E-state index contributed by atoms with van der Waals surface area (Å²) in [6, 6.07) is 0. The second-order valence-electron chi connectivity index (χ2n) is 6.29. The van der Waals surface area contributed by atoms with Crippen molar-refractivity contribution in [2.75, 3.05) is 20.8 Å². The quantitative estimate of drug-likeness (QED) is 0.761. The molecule has 6 nitrogen and oxygen atoms in total. The number of hydrogen-bond donors (Lipinski definition) is 0. The Hall–Kier alpha value is -0.240. The molecule has 0 spiro atoms. The van der Waals surface area contributed by atoms with Crippen molar-refractivity contribution in [2.45, 2.75) is 57.5 Å². The zero-order valence-electron chi connectivity index (χ0n) is 12.0. The van der Waals surface area contributed by atoms with E-state index in [9.17, 15) is 0 Å². The molecule has 3 rings (SSSR count). The highest BCUT2D eigenvalue weighted by atomic mass is 17.0. The minimum Gasteiger partial charge on any atom is -0.382 e. The molecule has 0 saturated carbocycles. The Morgan fingerprint density at radius 2 is 1.74 bits per heavy atom. The first-order chi connectivity index (χ1) is 8.92. The van der Waals surface area contributed by atoms with Crippen molar-refractivity contribution in [1.29, 1.82) is 0 Å². The molecule has 0 amide bonds. The van der Waals surface area contributed by atoms with Gasteiger partial charge in [0.25, 0.3) is 5.97 Å². The molecule has 3 aliphatic rings. The summed E-state index contributed by atoms with van der Waals surface area (Å²) in [6.45, 7) is 6.51. The minimum atomic E-state index is -1.06. The van der Waals surface area contributed by atoms with Crippen LogP contribution in [-0.4, -0.2) is 57.5 Å². The summed E-state index contributed by atoms with van der Waals surface area (Å²) in [4.78, 5) is 0. The van der Waals surface area contributed by atoms with E-state index in [0.29, 0.717) is 6.61 Å². The first kappa shape index (κ1) is 13.7. The van der Waals surface area contributed by atoms with Crippen LogP contribution in [0.2, 0.25) is 0 Å². The van der Waals surface area contributed by atoms with Crippen LogP contribution in [0.4, 0.5) is 0 Å². The lowest BCUT2D eigenvalue weighted by molar-refractivity contribution is -0.429. The third-order valence-electron chi connectivity index (χ3n) is 3.97. The standard InChI is InChI=1S/C13H22O6/c1-12(2,3)13-17-8-7(6-14-4)16-11(19-13)10(18-13)9(8)15-5/h7-11H,6H2,1-5H3/t7-,8-,9+,10-,11-,13?/m1/s1. The van der Waals surface area contributed by atoms with Crippen LogP contribution in [0.25, 0.3) is 0 Å². The number of fused-ring (bicyclic) bond motifs is 2. The summed E-state index contributed by atoms with van der Waals surface area (Å²) in [5.41, 5.74) is -0.317. The zero-order valence-corrected chi connectivity index (χ0v) is 12.0. The highest BCUT2D eigenvalue weighted by Crippen LogP contribution is 2.52. The van der Waals surface area contributed by atoms with Crippen molar-refractivity contribution in [1.82, 2.24) is 0 Å². The molecule has 0 aromatic rings. The summed E-state index contributed by atoms with van der Waals surface area (Å²) in [5.74, 6) is -1.06. The topological polar surface area (TPSA) is 55.4 Å². The maximum atomic E-state index is 6.11. The third-order valence-corrected chi connectivity index (χ3v) is 3.97. The molecule has 1 unspecified atom stereocenters. The maximum absolute atomic E-state index is 6.11. The number of ether oxygens (including phenoxy) is 6. The Kier molecular flexibility index (Phi) is 3.16. The molecule has 0 radical (unpaired) electrons. The summed E-state index contributed by atoms with van der Waals surface area (Å²) in [5, 5.41) is 0. The van der Waals surface area contributed by atoms with Gasteiger partial charge >= 0.3 is 0 Å². The summed E-state index contributed by atoms with van der Waals surface area (Å²) >= 11 is 0. The van der Waals surface area contributed by atoms with E-state index in [1.54, 1.807) is 14.2 Å². The average Bonchev–Trinajstić information content (AvgIpc) is 2.54. The molecule has 3 saturated heterocycles. The van der Waals surface area contributed by atoms with E-state index in [2.05, 4.69) is 0 Å². The van der Waals surface area contributed by atoms with Gasteiger partial charge in [0, 0.05) is 19.6 Å². The van der Waals surface area contributed by atoms with E-state index in [4.69, 9.17) is 28.4 Å². The Morgan fingerprint density at radius 1 is 1.05 bits per heavy atom. The van der Waals surface area contributed by atoms with Crippen LogP contribution in [0.3, 0.4) is 0 Å². The first-order valence-corrected chi connectivity index (χ1v) is 6.62. The van der Waals surface area contributed by atoms with Crippen molar-refractivity contribution >= 4 is 0 Å². The van der Waals surface area contributed by atoms with Gasteiger partial charge in [-0.25, -0.2) is 0 Å². The van der Waals surface area contributed by atoms with Crippen molar-refractivity contribution in [3.05, 3.63) is 0 Å². The molecule has 110 valence electrons. The molecule has 19 heavy (non-hydrogen) atoms. The van der Waals surface area contributed by atoms with Crippen molar-refractivity contribution in [3.8, 4) is 0 Å². The van der Waals surface area contributed by atoms with Crippen LogP contribution >= 0.6 is 0 Å². The third kappa shape index (κ3) is 1.86. The van der Waals surface area contributed by atoms with Gasteiger partial charge in [-0.05, 0) is 0 Å². The zero-order chi connectivity index (χ0) is 13.8. The highest BCUT2D eigenvalue weighted by Gasteiger charge is 2.69. The van der Waals surface area contributed by atoms with Gasteiger partial charge in [-0.15, -0.1) is 0 Å².